The predicted octanol–water partition coefficient (Wildman–Crippen LogP) is 1.67. The Morgan fingerprint density at radius 2 is 1.55 bits per heavy atom. The van der Waals surface area contributed by atoms with Gasteiger partial charge >= 0.3 is 11.8 Å². The number of nitrogens with one attached hydrogen (secondary N) is 2. The van der Waals surface area contributed by atoms with Crippen molar-refractivity contribution < 1.29 is 9.59 Å². The van der Waals surface area contributed by atoms with Crippen LogP contribution >= 0.6 is 0 Å². The molecule has 2 rings (SSSR count). The van der Waals surface area contributed by atoms with Crippen LogP contribution in [0, 0.1) is 5.92 Å². The molecular weight excluding hydrogens is 278 g/mol. The van der Waals surface area contributed by atoms with E-state index >= 15 is 0 Å². The standard InChI is InChI=1S/C17H31N3O2/c1-12-6-8-20(9-7-12)15(22)14(21)18-13-10-16(2,3)19-17(4,5)11-13/h12-13,19H,6-11H2,1-5H3,(H,18,21). The van der Waals surface area contributed by atoms with E-state index in [9.17, 15) is 9.59 Å². The molecule has 0 aliphatic carbocycles. The summed E-state index contributed by atoms with van der Waals surface area (Å²) in [5.41, 5.74) is -0.0768. The minimum atomic E-state index is -0.437. The lowest BCUT2D eigenvalue weighted by molar-refractivity contribution is -0.147. The fourth-order valence-electron chi connectivity index (χ4n) is 4.03. The summed E-state index contributed by atoms with van der Waals surface area (Å²) >= 11 is 0. The summed E-state index contributed by atoms with van der Waals surface area (Å²) in [5, 5.41) is 6.55. The zero-order chi connectivity index (χ0) is 16.5. The number of carbonyl (C=O) groups is 2. The molecule has 2 saturated heterocycles. The van der Waals surface area contributed by atoms with Gasteiger partial charge in [-0.1, -0.05) is 6.92 Å². The summed E-state index contributed by atoms with van der Waals surface area (Å²) in [5.74, 6) is -0.146. The van der Waals surface area contributed by atoms with Crippen LogP contribution in [0.15, 0.2) is 0 Å². The number of rotatable bonds is 1. The van der Waals surface area contributed by atoms with E-state index in [1.807, 2.05) is 0 Å². The number of hydrogen-bond acceptors (Lipinski definition) is 3. The molecule has 0 saturated carbocycles. The molecule has 2 aliphatic heterocycles. The molecule has 0 radical (unpaired) electrons. The van der Waals surface area contributed by atoms with Crippen LogP contribution in [0.2, 0.25) is 0 Å². The van der Waals surface area contributed by atoms with Crippen molar-refractivity contribution in [3.63, 3.8) is 0 Å². The Hall–Kier alpha value is -1.10. The molecule has 2 fully saturated rings. The van der Waals surface area contributed by atoms with E-state index in [1.54, 1.807) is 4.90 Å². The Balaban J connectivity index is 1.92. The zero-order valence-corrected chi connectivity index (χ0v) is 14.7. The minimum Gasteiger partial charge on any atom is -0.345 e. The van der Waals surface area contributed by atoms with Crippen LogP contribution in [0.3, 0.4) is 0 Å². The maximum atomic E-state index is 12.3. The van der Waals surface area contributed by atoms with Crippen molar-refractivity contribution in [2.45, 2.75) is 77.4 Å². The van der Waals surface area contributed by atoms with E-state index in [0.717, 1.165) is 25.7 Å². The van der Waals surface area contributed by atoms with Crippen molar-refractivity contribution in [1.29, 1.82) is 0 Å². The van der Waals surface area contributed by atoms with Crippen LogP contribution < -0.4 is 10.6 Å². The number of amides is 2. The van der Waals surface area contributed by atoms with E-state index in [1.165, 1.54) is 0 Å². The molecule has 0 aromatic rings. The summed E-state index contributed by atoms with van der Waals surface area (Å²) in [7, 11) is 0. The lowest BCUT2D eigenvalue weighted by Gasteiger charge is -2.46. The fourth-order valence-corrected chi connectivity index (χ4v) is 4.03. The second-order valence-corrected chi connectivity index (χ2v) is 8.45. The topological polar surface area (TPSA) is 61.4 Å². The van der Waals surface area contributed by atoms with Crippen LogP contribution in [0.5, 0.6) is 0 Å². The molecule has 2 heterocycles. The highest BCUT2D eigenvalue weighted by atomic mass is 16.2. The van der Waals surface area contributed by atoms with E-state index in [2.05, 4.69) is 45.3 Å². The maximum absolute atomic E-state index is 12.3. The highest BCUT2D eigenvalue weighted by molar-refractivity contribution is 6.35. The number of hydrogen-bond donors (Lipinski definition) is 2. The van der Waals surface area contributed by atoms with Crippen LogP contribution in [0.1, 0.15) is 60.3 Å². The van der Waals surface area contributed by atoms with Gasteiger partial charge in [0.1, 0.15) is 0 Å². The fraction of sp³-hybridized carbons (Fsp3) is 0.882. The largest absolute Gasteiger partial charge is 0.345 e. The van der Waals surface area contributed by atoms with Crippen molar-refractivity contribution in [1.82, 2.24) is 15.5 Å². The molecule has 5 nitrogen and oxygen atoms in total. The lowest BCUT2D eigenvalue weighted by Crippen LogP contribution is -2.63. The van der Waals surface area contributed by atoms with Gasteiger partial charge in [-0.2, -0.15) is 0 Å². The number of piperidine rings is 2. The van der Waals surface area contributed by atoms with Gasteiger partial charge in [0.2, 0.25) is 0 Å². The van der Waals surface area contributed by atoms with Gasteiger partial charge in [-0.15, -0.1) is 0 Å². The molecule has 0 aromatic heterocycles. The molecule has 5 heteroatoms. The van der Waals surface area contributed by atoms with E-state index in [4.69, 9.17) is 0 Å². The van der Waals surface area contributed by atoms with Crippen LogP contribution in [0.4, 0.5) is 0 Å². The third-order valence-corrected chi connectivity index (χ3v) is 4.79. The highest BCUT2D eigenvalue weighted by Gasteiger charge is 2.39. The molecule has 0 aromatic carbocycles. The monoisotopic (exact) mass is 309 g/mol. The van der Waals surface area contributed by atoms with Gasteiger partial charge in [0.05, 0.1) is 0 Å². The molecule has 126 valence electrons. The van der Waals surface area contributed by atoms with Crippen molar-refractivity contribution in [3.8, 4) is 0 Å². The van der Waals surface area contributed by atoms with Gasteiger partial charge in [0, 0.05) is 30.2 Å². The van der Waals surface area contributed by atoms with Gasteiger partial charge in [-0.3, -0.25) is 9.59 Å². The maximum Gasteiger partial charge on any atom is 0.311 e. The minimum absolute atomic E-state index is 0.0384. The molecule has 2 N–H and O–H groups in total. The molecule has 22 heavy (non-hydrogen) atoms. The SMILES string of the molecule is CC1CCN(C(=O)C(=O)NC2CC(C)(C)NC(C)(C)C2)CC1. The first-order valence-electron chi connectivity index (χ1n) is 8.47. The second-order valence-electron chi connectivity index (χ2n) is 8.45. The first-order chi connectivity index (χ1) is 10.1. The average molecular weight is 309 g/mol. The average Bonchev–Trinajstić information content (AvgIpc) is 2.34. The Kier molecular flexibility index (Phi) is 4.85. The normalized spacial score (nSPS) is 25.8. The number of likely N-dealkylation sites (tertiary alicyclic amines) is 1. The van der Waals surface area contributed by atoms with Gasteiger partial charge in [-0.05, 0) is 59.3 Å². The smallest absolute Gasteiger partial charge is 0.311 e. The lowest BCUT2D eigenvalue weighted by atomic mass is 9.79. The summed E-state index contributed by atoms with van der Waals surface area (Å²) < 4.78 is 0. The van der Waals surface area contributed by atoms with Crippen LogP contribution in [-0.4, -0.2) is 46.9 Å². The molecular formula is C17H31N3O2. The van der Waals surface area contributed by atoms with Crippen molar-refractivity contribution in [2.24, 2.45) is 5.92 Å². The molecule has 2 amide bonds. The van der Waals surface area contributed by atoms with Crippen molar-refractivity contribution in [3.05, 3.63) is 0 Å². The second kappa shape index (κ2) is 6.19. The van der Waals surface area contributed by atoms with Gasteiger partial charge in [0.15, 0.2) is 0 Å². The zero-order valence-electron chi connectivity index (χ0n) is 14.7. The van der Waals surface area contributed by atoms with Crippen molar-refractivity contribution >= 4 is 11.8 Å². The molecule has 0 atom stereocenters. The van der Waals surface area contributed by atoms with Crippen molar-refractivity contribution in [2.75, 3.05) is 13.1 Å². The van der Waals surface area contributed by atoms with Gasteiger partial charge in [0.25, 0.3) is 0 Å². The molecule has 0 spiro atoms. The molecule has 0 unspecified atom stereocenters. The molecule has 2 aliphatic rings. The first-order valence-corrected chi connectivity index (χ1v) is 8.47. The van der Waals surface area contributed by atoms with E-state index in [-0.39, 0.29) is 23.0 Å². The third kappa shape index (κ3) is 4.45. The summed E-state index contributed by atoms with van der Waals surface area (Å²) in [4.78, 5) is 26.3. The summed E-state index contributed by atoms with van der Waals surface area (Å²) in [6.07, 6.45) is 3.66. The quantitative estimate of drug-likeness (QED) is 0.724. The van der Waals surface area contributed by atoms with Gasteiger partial charge < -0.3 is 15.5 Å². The van der Waals surface area contributed by atoms with Crippen LogP contribution in [0.25, 0.3) is 0 Å². The van der Waals surface area contributed by atoms with E-state index in [0.29, 0.717) is 19.0 Å². The Labute approximate surface area is 134 Å². The summed E-state index contributed by atoms with van der Waals surface area (Å²) in [6.45, 7) is 12.2. The van der Waals surface area contributed by atoms with Gasteiger partial charge in [-0.25, -0.2) is 0 Å². The molecule has 0 bridgehead atoms. The van der Waals surface area contributed by atoms with Crippen LogP contribution in [-0.2, 0) is 9.59 Å². The number of carbonyl (C=O) groups excluding carboxylic acids is 2. The third-order valence-electron chi connectivity index (χ3n) is 4.79. The van der Waals surface area contributed by atoms with E-state index < -0.39 is 5.91 Å². The number of nitrogens with zero attached hydrogens (tertiary/aromatic N) is 1. The first kappa shape index (κ1) is 17.3. The highest BCUT2D eigenvalue weighted by Crippen LogP contribution is 2.28. The predicted molar refractivity (Wildman–Crippen MR) is 87.4 cm³/mol. The summed E-state index contributed by atoms with van der Waals surface area (Å²) in [6, 6.07) is 0.0476. The Morgan fingerprint density at radius 3 is 2.05 bits per heavy atom. The Bertz CT molecular complexity index is 421. The Morgan fingerprint density at radius 1 is 1.05 bits per heavy atom.